The number of para-hydroxylation sites is 1. The summed E-state index contributed by atoms with van der Waals surface area (Å²) in [5.41, 5.74) is 4.47. The summed E-state index contributed by atoms with van der Waals surface area (Å²) in [6, 6.07) is 10.3. The molecule has 0 atom stereocenters. The van der Waals surface area contributed by atoms with Gasteiger partial charge in [0.15, 0.2) is 5.96 Å². The van der Waals surface area contributed by atoms with Crippen LogP contribution in [0.3, 0.4) is 0 Å². The minimum atomic E-state index is 0.387. The highest BCUT2D eigenvalue weighted by molar-refractivity contribution is 5.80. The third-order valence-electron chi connectivity index (χ3n) is 5.31. The average molecular weight is 384 g/mol. The van der Waals surface area contributed by atoms with Crippen LogP contribution < -0.4 is 5.32 Å². The molecule has 1 N–H and O–H groups in total. The van der Waals surface area contributed by atoms with Crippen molar-refractivity contribution in [3.05, 3.63) is 47.3 Å². The fourth-order valence-electron chi connectivity index (χ4n) is 3.77. The number of guanidine groups is 1. The first-order valence-corrected chi connectivity index (χ1v) is 10.4. The van der Waals surface area contributed by atoms with Crippen molar-refractivity contribution in [2.45, 2.75) is 53.2 Å². The Labute approximate surface area is 168 Å². The molecule has 1 aromatic heterocycles. The zero-order valence-electron chi connectivity index (χ0n) is 17.6. The van der Waals surface area contributed by atoms with E-state index in [9.17, 15) is 0 Å². The molecule has 3 rings (SSSR count). The minimum Gasteiger partial charge on any atom is -0.378 e. The van der Waals surface area contributed by atoms with Crippen molar-refractivity contribution in [3.63, 3.8) is 0 Å². The Hall–Kier alpha value is -2.34. The van der Waals surface area contributed by atoms with Crippen LogP contribution in [0.4, 0.5) is 0 Å². The second-order valence-electron chi connectivity index (χ2n) is 7.21. The number of aromatic nitrogens is 2. The van der Waals surface area contributed by atoms with Crippen LogP contribution in [0.25, 0.3) is 5.69 Å². The van der Waals surface area contributed by atoms with Gasteiger partial charge in [-0.3, -0.25) is 0 Å². The average Bonchev–Trinajstić information content (AvgIpc) is 3.00. The van der Waals surface area contributed by atoms with E-state index in [1.54, 1.807) is 0 Å². The molecule has 1 saturated heterocycles. The number of hydrogen-bond donors (Lipinski definition) is 1. The summed E-state index contributed by atoms with van der Waals surface area (Å²) in [5.74, 6) is 0.990. The molecule has 2 heterocycles. The molecule has 28 heavy (non-hydrogen) atoms. The number of aryl methyl sites for hydroxylation is 1. The Morgan fingerprint density at radius 1 is 1.18 bits per heavy atom. The lowest BCUT2D eigenvalue weighted by atomic mass is 10.1. The molecule has 1 aliphatic rings. The molecule has 0 aliphatic carbocycles. The Bertz CT molecular complexity index is 776. The maximum absolute atomic E-state index is 5.78. The van der Waals surface area contributed by atoms with Gasteiger partial charge < -0.3 is 15.0 Å². The summed E-state index contributed by atoms with van der Waals surface area (Å²) in [7, 11) is 0. The van der Waals surface area contributed by atoms with E-state index in [1.807, 2.05) is 22.9 Å². The summed E-state index contributed by atoms with van der Waals surface area (Å²) >= 11 is 0. The summed E-state index contributed by atoms with van der Waals surface area (Å²) in [5, 5.41) is 8.20. The number of rotatable bonds is 6. The molecule has 0 amide bonds. The molecule has 6 nitrogen and oxygen atoms in total. The largest absolute Gasteiger partial charge is 0.378 e. The van der Waals surface area contributed by atoms with Gasteiger partial charge in [-0.05, 0) is 52.7 Å². The van der Waals surface area contributed by atoms with Crippen molar-refractivity contribution in [1.82, 2.24) is 20.0 Å². The first-order valence-electron chi connectivity index (χ1n) is 10.4. The van der Waals surface area contributed by atoms with Crippen LogP contribution in [0.15, 0.2) is 35.3 Å². The molecule has 2 aromatic rings. The van der Waals surface area contributed by atoms with E-state index in [2.05, 4.69) is 50.0 Å². The van der Waals surface area contributed by atoms with Crippen molar-refractivity contribution in [1.29, 1.82) is 0 Å². The molecule has 6 heteroatoms. The Kier molecular flexibility index (Phi) is 7.09. The van der Waals surface area contributed by atoms with Crippen molar-refractivity contribution < 1.29 is 4.74 Å². The van der Waals surface area contributed by atoms with E-state index in [0.29, 0.717) is 12.6 Å². The van der Waals surface area contributed by atoms with Gasteiger partial charge in [-0.2, -0.15) is 5.10 Å². The van der Waals surface area contributed by atoms with Gasteiger partial charge in [0.25, 0.3) is 0 Å². The fourth-order valence-corrected chi connectivity index (χ4v) is 3.77. The number of piperidine rings is 1. The van der Waals surface area contributed by atoms with E-state index < -0.39 is 0 Å². The molecular weight excluding hydrogens is 350 g/mol. The van der Waals surface area contributed by atoms with Crippen LogP contribution >= 0.6 is 0 Å². The molecule has 1 fully saturated rings. The van der Waals surface area contributed by atoms with Crippen LogP contribution in [0.5, 0.6) is 0 Å². The Morgan fingerprint density at radius 3 is 2.54 bits per heavy atom. The lowest BCUT2D eigenvalue weighted by Crippen LogP contribution is -2.47. The second kappa shape index (κ2) is 9.73. The Morgan fingerprint density at radius 2 is 1.89 bits per heavy atom. The SMILES string of the molecule is CCNC(=NCc1c(C)nn(-c2ccccc2)c1C)N1CCC(OCC)CC1. The molecule has 0 saturated carbocycles. The summed E-state index contributed by atoms with van der Waals surface area (Å²) in [6.07, 6.45) is 2.50. The third kappa shape index (κ3) is 4.73. The van der Waals surface area contributed by atoms with Crippen LogP contribution in [0.2, 0.25) is 0 Å². The first kappa shape index (κ1) is 20.4. The summed E-state index contributed by atoms with van der Waals surface area (Å²) in [4.78, 5) is 7.30. The summed E-state index contributed by atoms with van der Waals surface area (Å²) in [6.45, 7) is 12.6. The minimum absolute atomic E-state index is 0.387. The van der Waals surface area contributed by atoms with Gasteiger partial charge >= 0.3 is 0 Å². The van der Waals surface area contributed by atoms with Crippen molar-refractivity contribution >= 4 is 5.96 Å². The number of aliphatic imine (C=N–C) groups is 1. The van der Waals surface area contributed by atoms with Crippen molar-refractivity contribution in [2.24, 2.45) is 4.99 Å². The van der Waals surface area contributed by atoms with Crippen LogP contribution in [-0.2, 0) is 11.3 Å². The molecule has 1 aliphatic heterocycles. The monoisotopic (exact) mass is 383 g/mol. The van der Waals surface area contributed by atoms with Gasteiger partial charge in [-0.1, -0.05) is 18.2 Å². The van der Waals surface area contributed by atoms with E-state index in [-0.39, 0.29) is 0 Å². The van der Waals surface area contributed by atoms with Crippen molar-refractivity contribution in [2.75, 3.05) is 26.2 Å². The lowest BCUT2D eigenvalue weighted by molar-refractivity contribution is 0.0263. The first-order chi connectivity index (χ1) is 13.6. The van der Waals surface area contributed by atoms with Gasteiger partial charge in [0.1, 0.15) is 0 Å². The second-order valence-corrected chi connectivity index (χ2v) is 7.21. The fraction of sp³-hybridized carbons (Fsp3) is 0.545. The standard InChI is InChI=1S/C22H33N5O/c1-5-23-22(26-14-12-20(13-15-26)28-6-2)24-16-21-17(3)25-27(18(21)4)19-10-8-7-9-11-19/h7-11,20H,5-6,12-16H2,1-4H3,(H,23,24). The van der Waals surface area contributed by atoms with Gasteiger partial charge in [0.2, 0.25) is 0 Å². The molecule has 0 bridgehead atoms. The van der Waals surface area contributed by atoms with Gasteiger partial charge in [-0.25, -0.2) is 9.67 Å². The number of ether oxygens (including phenoxy) is 1. The number of nitrogens with one attached hydrogen (secondary N) is 1. The maximum Gasteiger partial charge on any atom is 0.194 e. The molecule has 152 valence electrons. The number of hydrogen-bond acceptors (Lipinski definition) is 3. The highest BCUT2D eigenvalue weighted by Crippen LogP contribution is 2.19. The smallest absolute Gasteiger partial charge is 0.194 e. The zero-order chi connectivity index (χ0) is 19.9. The van der Waals surface area contributed by atoms with Gasteiger partial charge in [-0.15, -0.1) is 0 Å². The summed E-state index contributed by atoms with van der Waals surface area (Å²) < 4.78 is 7.79. The van der Waals surface area contributed by atoms with E-state index in [1.165, 1.54) is 5.56 Å². The molecule has 1 aromatic carbocycles. The number of likely N-dealkylation sites (tertiary alicyclic amines) is 1. The Balaban J connectivity index is 1.74. The molecule has 0 spiro atoms. The highest BCUT2D eigenvalue weighted by Gasteiger charge is 2.22. The van der Waals surface area contributed by atoms with Gasteiger partial charge in [0, 0.05) is 37.5 Å². The third-order valence-corrected chi connectivity index (χ3v) is 5.31. The number of benzene rings is 1. The van der Waals surface area contributed by atoms with E-state index in [0.717, 1.165) is 62.1 Å². The quantitative estimate of drug-likeness (QED) is 0.613. The van der Waals surface area contributed by atoms with Crippen LogP contribution in [0.1, 0.15) is 43.6 Å². The lowest BCUT2D eigenvalue weighted by Gasteiger charge is -2.34. The highest BCUT2D eigenvalue weighted by atomic mass is 16.5. The maximum atomic E-state index is 5.78. The van der Waals surface area contributed by atoms with Gasteiger partial charge in [0.05, 0.1) is 24.0 Å². The van der Waals surface area contributed by atoms with E-state index >= 15 is 0 Å². The van der Waals surface area contributed by atoms with Crippen molar-refractivity contribution in [3.8, 4) is 5.69 Å². The van der Waals surface area contributed by atoms with E-state index in [4.69, 9.17) is 14.8 Å². The number of nitrogens with zero attached hydrogens (tertiary/aromatic N) is 4. The van der Waals surface area contributed by atoms with Crippen LogP contribution in [-0.4, -0.2) is 53.0 Å². The molecular formula is C22H33N5O. The normalized spacial score (nSPS) is 15.9. The zero-order valence-corrected chi connectivity index (χ0v) is 17.6. The topological polar surface area (TPSA) is 54.7 Å². The predicted molar refractivity (Wildman–Crippen MR) is 114 cm³/mol. The predicted octanol–water partition coefficient (Wildman–Crippen LogP) is 3.46. The van der Waals surface area contributed by atoms with Crippen LogP contribution in [0, 0.1) is 13.8 Å². The molecule has 0 radical (unpaired) electrons. The molecule has 0 unspecified atom stereocenters.